The van der Waals surface area contributed by atoms with Gasteiger partial charge in [0.25, 0.3) is 5.56 Å². The van der Waals surface area contributed by atoms with Crippen LogP contribution in [0.5, 0.6) is 0 Å². The van der Waals surface area contributed by atoms with E-state index in [9.17, 15) is 14.7 Å². The number of nitrogens with zero attached hydrogens (tertiary/aromatic N) is 2. The number of aliphatic hydroxyl groups excluding tert-OH is 1. The van der Waals surface area contributed by atoms with Crippen molar-refractivity contribution in [1.29, 1.82) is 0 Å². The molecule has 0 bridgehead atoms. The number of nitrogens with one attached hydrogen (secondary N) is 1. The van der Waals surface area contributed by atoms with Gasteiger partial charge in [-0.25, -0.2) is 4.68 Å². The van der Waals surface area contributed by atoms with Crippen molar-refractivity contribution in [3.8, 4) is 0 Å². The molecule has 0 spiro atoms. The molecular weight excluding hydrogens is 330 g/mol. The van der Waals surface area contributed by atoms with Gasteiger partial charge in [0.15, 0.2) is 0 Å². The second-order valence-corrected chi connectivity index (χ2v) is 6.81. The fourth-order valence-electron chi connectivity index (χ4n) is 3.36. The number of hydrogen-bond acceptors (Lipinski definition) is 4. The maximum atomic E-state index is 12.3. The summed E-state index contributed by atoms with van der Waals surface area (Å²) in [7, 11) is 0. The third-order valence-corrected chi connectivity index (χ3v) is 4.73. The summed E-state index contributed by atoms with van der Waals surface area (Å²) < 4.78 is 1.23. The molecule has 1 amide bonds. The van der Waals surface area contributed by atoms with Crippen LogP contribution in [0.3, 0.4) is 0 Å². The minimum absolute atomic E-state index is 0.128. The smallest absolute Gasteiger partial charge is 0.267 e. The summed E-state index contributed by atoms with van der Waals surface area (Å²) in [5.74, 6) is -0.317. The largest absolute Gasteiger partial charge is 0.394 e. The zero-order chi connectivity index (χ0) is 18.4. The summed E-state index contributed by atoms with van der Waals surface area (Å²) in [4.78, 5) is 24.6. The molecular formula is C20H25N3O3. The predicted octanol–water partition coefficient (Wildman–Crippen LogP) is 1.23. The highest BCUT2D eigenvalue weighted by atomic mass is 16.3. The van der Waals surface area contributed by atoms with Crippen LogP contribution < -0.4 is 10.9 Å². The molecule has 1 aliphatic carbocycles. The molecule has 2 aromatic rings. The van der Waals surface area contributed by atoms with E-state index in [1.165, 1.54) is 4.68 Å². The number of fused-ring (bicyclic) bond motifs is 1. The monoisotopic (exact) mass is 355 g/mol. The number of aromatic nitrogens is 2. The topological polar surface area (TPSA) is 84.2 Å². The summed E-state index contributed by atoms with van der Waals surface area (Å²) in [5.41, 5.74) is 2.73. The van der Waals surface area contributed by atoms with Crippen molar-refractivity contribution in [3.05, 3.63) is 63.6 Å². The first-order chi connectivity index (χ1) is 12.7. The van der Waals surface area contributed by atoms with Crippen LogP contribution in [0.2, 0.25) is 0 Å². The van der Waals surface area contributed by atoms with Gasteiger partial charge in [-0.05, 0) is 43.2 Å². The van der Waals surface area contributed by atoms with Crippen LogP contribution in [-0.4, -0.2) is 33.4 Å². The SMILES string of the molecule is O=C(Cn1nc2c(cc1=O)CCCCC2)NC(CO)Cc1ccccc1. The van der Waals surface area contributed by atoms with E-state index in [1.54, 1.807) is 6.07 Å². The highest BCUT2D eigenvalue weighted by Crippen LogP contribution is 2.16. The Balaban J connectivity index is 1.65. The minimum atomic E-state index is -0.388. The van der Waals surface area contributed by atoms with Crippen molar-refractivity contribution < 1.29 is 9.90 Å². The van der Waals surface area contributed by atoms with E-state index in [2.05, 4.69) is 10.4 Å². The quantitative estimate of drug-likeness (QED) is 0.764. The van der Waals surface area contributed by atoms with E-state index in [4.69, 9.17) is 0 Å². The molecule has 6 heteroatoms. The van der Waals surface area contributed by atoms with Gasteiger partial charge in [0.1, 0.15) is 6.54 Å². The first-order valence-corrected chi connectivity index (χ1v) is 9.20. The van der Waals surface area contributed by atoms with Gasteiger partial charge >= 0.3 is 0 Å². The maximum absolute atomic E-state index is 12.3. The van der Waals surface area contributed by atoms with Crippen molar-refractivity contribution >= 4 is 5.91 Å². The van der Waals surface area contributed by atoms with Gasteiger partial charge in [-0.15, -0.1) is 0 Å². The Hall–Kier alpha value is -2.47. The van der Waals surface area contributed by atoms with Crippen LogP contribution in [0, 0.1) is 0 Å². The van der Waals surface area contributed by atoms with Gasteiger partial charge in [0.05, 0.1) is 18.3 Å². The second-order valence-electron chi connectivity index (χ2n) is 6.81. The molecule has 1 aromatic carbocycles. The number of amides is 1. The standard InChI is InChI=1S/C20H25N3O3/c24-14-17(11-15-7-3-1-4-8-15)21-19(25)13-23-20(26)12-16-9-5-2-6-10-18(16)22-23/h1,3-4,7-8,12,17,24H,2,5-6,9-11,13-14H2,(H,21,25). The van der Waals surface area contributed by atoms with E-state index in [0.29, 0.717) is 6.42 Å². The number of hydrogen-bond donors (Lipinski definition) is 2. The zero-order valence-corrected chi connectivity index (χ0v) is 14.9. The van der Waals surface area contributed by atoms with Gasteiger partial charge in [0.2, 0.25) is 5.91 Å². The molecule has 0 saturated carbocycles. The average molecular weight is 355 g/mol. The Kier molecular flexibility index (Phi) is 6.17. The second kappa shape index (κ2) is 8.76. The first kappa shape index (κ1) is 18.3. The minimum Gasteiger partial charge on any atom is -0.394 e. The molecule has 26 heavy (non-hydrogen) atoms. The van der Waals surface area contributed by atoms with Crippen LogP contribution in [0.25, 0.3) is 0 Å². The van der Waals surface area contributed by atoms with Crippen LogP contribution in [0.15, 0.2) is 41.2 Å². The Labute approximate surface area is 152 Å². The Morgan fingerprint density at radius 1 is 1.19 bits per heavy atom. The lowest BCUT2D eigenvalue weighted by molar-refractivity contribution is -0.122. The van der Waals surface area contributed by atoms with Crippen molar-refractivity contribution in [2.75, 3.05) is 6.61 Å². The Bertz CT molecular complexity index is 802. The van der Waals surface area contributed by atoms with E-state index in [0.717, 1.165) is 48.9 Å². The normalized spacial score (nSPS) is 15.0. The van der Waals surface area contributed by atoms with Gasteiger partial charge in [-0.1, -0.05) is 36.8 Å². The van der Waals surface area contributed by atoms with Gasteiger partial charge in [-0.2, -0.15) is 5.10 Å². The molecule has 0 fully saturated rings. The summed E-state index contributed by atoms with van der Waals surface area (Å²) in [6.45, 7) is -0.287. The number of carbonyl (C=O) groups excluding carboxylic acids is 1. The predicted molar refractivity (Wildman–Crippen MR) is 98.9 cm³/mol. The van der Waals surface area contributed by atoms with Crippen LogP contribution in [-0.2, 0) is 30.6 Å². The molecule has 1 aromatic heterocycles. The lowest BCUT2D eigenvalue weighted by Crippen LogP contribution is -2.42. The number of carbonyl (C=O) groups is 1. The molecule has 1 unspecified atom stereocenters. The van der Waals surface area contributed by atoms with E-state index in [-0.39, 0.29) is 30.7 Å². The fraction of sp³-hybridized carbons (Fsp3) is 0.450. The lowest BCUT2D eigenvalue weighted by atomic mass is 10.1. The van der Waals surface area contributed by atoms with Gasteiger partial charge < -0.3 is 10.4 Å². The average Bonchev–Trinajstić information content (AvgIpc) is 2.87. The Morgan fingerprint density at radius 3 is 2.73 bits per heavy atom. The third kappa shape index (κ3) is 4.79. The summed E-state index contributed by atoms with van der Waals surface area (Å²) >= 11 is 0. The first-order valence-electron chi connectivity index (χ1n) is 9.20. The van der Waals surface area contributed by atoms with Gasteiger partial charge in [0, 0.05) is 6.07 Å². The molecule has 2 N–H and O–H groups in total. The summed E-state index contributed by atoms with van der Waals surface area (Å²) in [5, 5.41) is 16.8. The van der Waals surface area contributed by atoms with Gasteiger partial charge in [-0.3, -0.25) is 9.59 Å². The van der Waals surface area contributed by atoms with Crippen LogP contribution in [0.4, 0.5) is 0 Å². The number of aliphatic hydroxyl groups is 1. The molecule has 1 aliphatic rings. The number of rotatable bonds is 6. The summed E-state index contributed by atoms with van der Waals surface area (Å²) in [6, 6.07) is 10.9. The van der Waals surface area contributed by atoms with E-state index >= 15 is 0 Å². The molecule has 1 atom stereocenters. The fourth-order valence-corrected chi connectivity index (χ4v) is 3.36. The van der Waals surface area contributed by atoms with Crippen LogP contribution >= 0.6 is 0 Å². The molecule has 0 saturated heterocycles. The van der Waals surface area contributed by atoms with Crippen molar-refractivity contribution in [2.45, 2.75) is 51.1 Å². The Morgan fingerprint density at radius 2 is 1.96 bits per heavy atom. The molecule has 0 aliphatic heterocycles. The molecule has 0 radical (unpaired) electrons. The van der Waals surface area contributed by atoms with Crippen LogP contribution in [0.1, 0.15) is 36.1 Å². The highest BCUT2D eigenvalue weighted by Gasteiger charge is 2.16. The molecule has 1 heterocycles. The summed E-state index contributed by atoms with van der Waals surface area (Å²) in [6.07, 6.45) is 5.56. The molecule has 138 valence electrons. The van der Waals surface area contributed by atoms with E-state index < -0.39 is 0 Å². The third-order valence-electron chi connectivity index (χ3n) is 4.73. The van der Waals surface area contributed by atoms with E-state index in [1.807, 2.05) is 30.3 Å². The van der Waals surface area contributed by atoms with Crippen molar-refractivity contribution in [2.24, 2.45) is 0 Å². The highest BCUT2D eigenvalue weighted by molar-refractivity contribution is 5.76. The molecule has 3 rings (SSSR count). The number of benzene rings is 1. The zero-order valence-electron chi connectivity index (χ0n) is 14.9. The maximum Gasteiger partial charge on any atom is 0.267 e. The molecule has 6 nitrogen and oxygen atoms in total. The van der Waals surface area contributed by atoms with Crippen molar-refractivity contribution in [3.63, 3.8) is 0 Å². The number of aryl methyl sites for hydroxylation is 2. The lowest BCUT2D eigenvalue weighted by Gasteiger charge is -2.17. The van der Waals surface area contributed by atoms with Crippen molar-refractivity contribution in [1.82, 2.24) is 15.1 Å².